The fourth-order valence-electron chi connectivity index (χ4n) is 2.11. The number of nitrogens with zero attached hydrogens (tertiary/aromatic N) is 3. The second-order valence-corrected chi connectivity index (χ2v) is 4.91. The van der Waals surface area contributed by atoms with E-state index in [4.69, 9.17) is 0 Å². The van der Waals surface area contributed by atoms with Crippen LogP contribution in [0.4, 0.5) is 0 Å². The van der Waals surface area contributed by atoms with E-state index in [0.29, 0.717) is 0 Å². The summed E-state index contributed by atoms with van der Waals surface area (Å²) in [6.45, 7) is 4.67. The van der Waals surface area contributed by atoms with Gasteiger partial charge in [-0.2, -0.15) is 5.10 Å². The van der Waals surface area contributed by atoms with E-state index in [1.165, 1.54) is 5.56 Å². The molecule has 2 heterocycles. The Bertz CT molecular complexity index is 498. The molecule has 20 heavy (non-hydrogen) atoms. The molecule has 0 saturated carbocycles. The highest BCUT2D eigenvalue weighted by Gasteiger charge is 2.09. The molecule has 0 radical (unpaired) electrons. The third-order valence-corrected chi connectivity index (χ3v) is 3.26. The van der Waals surface area contributed by atoms with Crippen molar-refractivity contribution in [3.63, 3.8) is 0 Å². The third kappa shape index (κ3) is 4.43. The second kappa shape index (κ2) is 7.77. The van der Waals surface area contributed by atoms with Gasteiger partial charge in [0.1, 0.15) is 0 Å². The van der Waals surface area contributed by atoms with Gasteiger partial charge in [0.25, 0.3) is 0 Å². The Balaban J connectivity index is 1.76. The molecule has 0 aliphatic carbocycles. The molecular formula is C15H22N4O. The van der Waals surface area contributed by atoms with E-state index in [9.17, 15) is 5.11 Å². The van der Waals surface area contributed by atoms with E-state index in [-0.39, 0.29) is 12.5 Å². The number of aryl methyl sites for hydroxylation is 1. The number of rotatable bonds is 8. The minimum atomic E-state index is 0.164. The lowest BCUT2D eigenvalue weighted by atomic mass is 10.0. The van der Waals surface area contributed by atoms with Crippen molar-refractivity contribution >= 4 is 0 Å². The van der Waals surface area contributed by atoms with Crippen molar-refractivity contribution in [2.45, 2.75) is 26.4 Å². The molecule has 0 saturated heterocycles. The van der Waals surface area contributed by atoms with Crippen molar-refractivity contribution in [1.29, 1.82) is 0 Å². The predicted octanol–water partition coefficient (Wildman–Crippen LogP) is 1.24. The summed E-state index contributed by atoms with van der Waals surface area (Å²) in [4.78, 5) is 4.29. The highest BCUT2D eigenvalue weighted by atomic mass is 16.3. The van der Waals surface area contributed by atoms with Crippen LogP contribution in [0.1, 0.15) is 18.2 Å². The topological polar surface area (TPSA) is 63.0 Å². The van der Waals surface area contributed by atoms with Gasteiger partial charge in [0.05, 0.1) is 6.20 Å². The second-order valence-electron chi connectivity index (χ2n) is 4.91. The van der Waals surface area contributed by atoms with Crippen molar-refractivity contribution in [3.8, 4) is 0 Å². The van der Waals surface area contributed by atoms with Crippen LogP contribution in [0, 0.1) is 5.92 Å². The SMILES string of the molecule is CCn1cc(CNCC(CO)Cc2ccccn2)cn1. The van der Waals surface area contributed by atoms with Gasteiger partial charge in [0, 0.05) is 49.9 Å². The van der Waals surface area contributed by atoms with Crippen LogP contribution in [0.3, 0.4) is 0 Å². The summed E-state index contributed by atoms with van der Waals surface area (Å²) >= 11 is 0. The number of aliphatic hydroxyl groups is 1. The van der Waals surface area contributed by atoms with Gasteiger partial charge in [-0.15, -0.1) is 0 Å². The van der Waals surface area contributed by atoms with Crippen molar-refractivity contribution < 1.29 is 5.11 Å². The fraction of sp³-hybridized carbons (Fsp3) is 0.467. The van der Waals surface area contributed by atoms with E-state index >= 15 is 0 Å². The molecule has 2 aromatic rings. The lowest BCUT2D eigenvalue weighted by Gasteiger charge is -2.14. The monoisotopic (exact) mass is 274 g/mol. The van der Waals surface area contributed by atoms with Crippen molar-refractivity contribution in [1.82, 2.24) is 20.1 Å². The molecule has 5 nitrogen and oxygen atoms in total. The van der Waals surface area contributed by atoms with Crippen LogP contribution in [0.25, 0.3) is 0 Å². The Morgan fingerprint density at radius 3 is 2.95 bits per heavy atom. The van der Waals surface area contributed by atoms with E-state index in [1.807, 2.05) is 35.3 Å². The molecule has 0 bridgehead atoms. The fourth-order valence-corrected chi connectivity index (χ4v) is 2.11. The Labute approximate surface area is 119 Å². The first-order chi connectivity index (χ1) is 9.81. The van der Waals surface area contributed by atoms with Crippen LogP contribution in [-0.2, 0) is 19.5 Å². The quantitative estimate of drug-likeness (QED) is 0.760. The van der Waals surface area contributed by atoms with Gasteiger partial charge in [-0.05, 0) is 31.4 Å². The molecule has 2 aromatic heterocycles. The molecule has 5 heteroatoms. The number of pyridine rings is 1. The smallest absolute Gasteiger partial charge is 0.0534 e. The highest BCUT2D eigenvalue weighted by Crippen LogP contribution is 2.05. The van der Waals surface area contributed by atoms with Crippen molar-refractivity contribution in [2.24, 2.45) is 5.92 Å². The normalized spacial score (nSPS) is 12.5. The molecule has 2 rings (SSSR count). The average molecular weight is 274 g/mol. The number of hydrogen-bond donors (Lipinski definition) is 2. The van der Waals surface area contributed by atoms with E-state index < -0.39 is 0 Å². The molecule has 0 aliphatic heterocycles. The summed E-state index contributed by atoms with van der Waals surface area (Å²) in [6, 6.07) is 5.87. The number of aromatic nitrogens is 3. The first kappa shape index (κ1) is 14.7. The molecule has 0 aromatic carbocycles. The zero-order chi connectivity index (χ0) is 14.2. The summed E-state index contributed by atoms with van der Waals surface area (Å²) in [7, 11) is 0. The maximum Gasteiger partial charge on any atom is 0.0534 e. The molecule has 1 atom stereocenters. The van der Waals surface area contributed by atoms with Crippen molar-refractivity contribution in [2.75, 3.05) is 13.2 Å². The molecular weight excluding hydrogens is 252 g/mol. The molecule has 2 N–H and O–H groups in total. The van der Waals surface area contributed by atoms with E-state index in [1.54, 1.807) is 6.20 Å². The third-order valence-electron chi connectivity index (χ3n) is 3.26. The van der Waals surface area contributed by atoms with E-state index in [0.717, 1.165) is 31.7 Å². The molecule has 108 valence electrons. The highest BCUT2D eigenvalue weighted by molar-refractivity contribution is 5.05. The van der Waals surface area contributed by atoms with Crippen molar-refractivity contribution in [3.05, 3.63) is 48.0 Å². The summed E-state index contributed by atoms with van der Waals surface area (Å²) in [5.74, 6) is 0.186. The first-order valence-electron chi connectivity index (χ1n) is 7.04. The molecule has 0 spiro atoms. The average Bonchev–Trinajstić information content (AvgIpc) is 2.95. The maximum absolute atomic E-state index is 9.44. The van der Waals surface area contributed by atoms with Crippen LogP contribution in [-0.4, -0.2) is 33.0 Å². The lowest BCUT2D eigenvalue weighted by molar-refractivity contribution is 0.220. The molecule has 0 amide bonds. The summed E-state index contributed by atoms with van der Waals surface area (Å²) in [5, 5.41) is 17.0. The Morgan fingerprint density at radius 2 is 2.30 bits per heavy atom. The zero-order valence-electron chi connectivity index (χ0n) is 11.9. The van der Waals surface area contributed by atoms with Gasteiger partial charge in [-0.1, -0.05) is 6.07 Å². The number of aliphatic hydroxyl groups excluding tert-OH is 1. The Kier molecular flexibility index (Phi) is 5.70. The Hall–Kier alpha value is -1.72. The lowest BCUT2D eigenvalue weighted by Crippen LogP contribution is -2.26. The minimum Gasteiger partial charge on any atom is -0.396 e. The summed E-state index contributed by atoms with van der Waals surface area (Å²) < 4.78 is 1.91. The minimum absolute atomic E-state index is 0.164. The largest absolute Gasteiger partial charge is 0.396 e. The van der Waals surface area contributed by atoms with Gasteiger partial charge >= 0.3 is 0 Å². The van der Waals surface area contributed by atoms with Gasteiger partial charge in [0.15, 0.2) is 0 Å². The van der Waals surface area contributed by atoms with Crippen LogP contribution < -0.4 is 5.32 Å². The Morgan fingerprint density at radius 1 is 1.40 bits per heavy atom. The van der Waals surface area contributed by atoms with Gasteiger partial charge in [0.2, 0.25) is 0 Å². The van der Waals surface area contributed by atoms with Gasteiger partial charge in [-0.25, -0.2) is 0 Å². The van der Waals surface area contributed by atoms with Crippen LogP contribution in [0.15, 0.2) is 36.8 Å². The van der Waals surface area contributed by atoms with Crippen LogP contribution >= 0.6 is 0 Å². The number of nitrogens with one attached hydrogen (secondary N) is 1. The van der Waals surface area contributed by atoms with Crippen LogP contribution in [0.2, 0.25) is 0 Å². The van der Waals surface area contributed by atoms with Gasteiger partial charge in [-0.3, -0.25) is 9.67 Å². The maximum atomic E-state index is 9.44. The predicted molar refractivity (Wildman–Crippen MR) is 78.1 cm³/mol. The van der Waals surface area contributed by atoms with Crippen LogP contribution in [0.5, 0.6) is 0 Å². The zero-order valence-corrected chi connectivity index (χ0v) is 11.9. The summed E-state index contributed by atoms with van der Waals surface area (Å²) in [6.07, 6.45) is 6.50. The van der Waals surface area contributed by atoms with E-state index in [2.05, 4.69) is 22.3 Å². The van der Waals surface area contributed by atoms with Gasteiger partial charge < -0.3 is 10.4 Å². The number of hydrogen-bond acceptors (Lipinski definition) is 4. The standard InChI is InChI=1S/C15H22N4O/c1-2-19-11-14(10-18-19)9-16-8-13(12-20)7-15-5-3-4-6-17-15/h3-6,10-11,13,16,20H,2,7-9,12H2,1H3. The molecule has 1 unspecified atom stereocenters. The molecule has 0 aliphatic rings. The molecule has 0 fully saturated rings. The summed E-state index contributed by atoms with van der Waals surface area (Å²) in [5.41, 5.74) is 2.19. The first-order valence-corrected chi connectivity index (χ1v) is 7.04.